The van der Waals surface area contributed by atoms with Gasteiger partial charge in [0, 0.05) is 18.6 Å². The number of ether oxygens (including phenoxy) is 1. The van der Waals surface area contributed by atoms with Crippen LogP contribution >= 0.6 is 11.3 Å². The molecule has 2 unspecified atom stereocenters. The third kappa shape index (κ3) is 3.76. The molecule has 1 aliphatic rings. The summed E-state index contributed by atoms with van der Waals surface area (Å²) in [7, 11) is 0. The topological polar surface area (TPSA) is 119 Å². The minimum atomic E-state index is -1.13. The minimum Gasteiger partial charge on any atom is -0.480 e. The molecular formula is C12H14N2O6S. The number of carboxylic acids is 1. The van der Waals surface area contributed by atoms with Gasteiger partial charge in [0.1, 0.15) is 6.04 Å². The van der Waals surface area contributed by atoms with Crippen molar-refractivity contribution in [3.63, 3.8) is 0 Å². The summed E-state index contributed by atoms with van der Waals surface area (Å²) in [4.78, 5) is 33.4. The Morgan fingerprint density at radius 3 is 2.81 bits per heavy atom. The number of thiophene rings is 1. The van der Waals surface area contributed by atoms with E-state index in [-0.39, 0.29) is 22.4 Å². The monoisotopic (exact) mass is 314 g/mol. The van der Waals surface area contributed by atoms with E-state index in [9.17, 15) is 24.8 Å². The van der Waals surface area contributed by atoms with Gasteiger partial charge in [0.05, 0.1) is 16.4 Å². The molecule has 1 aromatic rings. The standard InChI is InChI=1S/C12H14N2O6S/c15-11(8-3-4-9(21-8)14(18)19)13-10(12(16)17)7-2-1-5-20-6-7/h3-4,7,10H,1-2,5-6H2,(H,13,15)(H,16,17). The Labute approximate surface area is 123 Å². The highest BCUT2D eigenvalue weighted by molar-refractivity contribution is 7.17. The van der Waals surface area contributed by atoms with Gasteiger partial charge in [-0.3, -0.25) is 14.9 Å². The number of hydrogen-bond acceptors (Lipinski definition) is 6. The van der Waals surface area contributed by atoms with Crippen LogP contribution in [0.1, 0.15) is 22.5 Å². The number of amides is 1. The van der Waals surface area contributed by atoms with Gasteiger partial charge >= 0.3 is 11.0 Å². The number of carboxylic acid groups (broad SMARTS) is 1. The molecule has 21 heavy (non-hydrogen) atoms. The van der Waals surface area contributed by atoms with Crippen LogP contribution in [0.4, 0.5) is 5.00 Å². The van der Waals surface area contributed by atoms with E-state index in [2.05, 4.69) is 5.32 Å². The summed E-state index contributed by atoms with van der Waals surface area (Å²) >= 11 is 0.714. The first-order valence-corrected chi connectivity index (χ1v) is 7.16. The molecule has 114 valence electrons. The largest absolute Gasteiger partial charge is 0.480 e. The van der Waals surface area contributed by atoms with Crippen molar-refractivity contribution in [2.75, 3.05) is 13.2 Å². The van der Waals surface area contributed by atoms with Gasteiger partial charge in [-0.05, 0) is 18.9 Å². The van der Waals surface area contributed by atoms with Crippen molar-refractivity contribution in [3.8, 4) is 0 Å². The number of hydrogen-bond donors (Lipinski definition) is 2. The quantitative estimate of drug-likeness (QED) is 0.624. The third-order valence-corrected chi connectivity index (χ3v) is 4.25. The molecule has 8 nitrogen and oxygen atoms in total. The zero-order chi connectivity index (χ0) is 15.4. The lowest BCUT2D eigenvalue weighted by atomic mass is 9.93. The molecule has 0 radical (unpaired) electrons. The predicted octanol–water partition coefficient (Wildman–Crippen LogP) is 1.27. The van der Waals surface area contributed by atoms with E-state index in [1.165, 1.54) is 12.1 Å². The molecule has 0 aromatic carbocycles. The molecule has 0 spiro atoms. The normalized spacial score (nSPS) is 19.7. The van der Waals surface area contributed by atoms with E-state index >= 15 is 0 Å². The summed E-state index contributed by atoms with van der Waals surface area (Å²) in [6.07, 6.45) is 1.40. The van der Waals surface area contributed by atoms with Crippen LogP contribution in [0.2, 0.25) is 0 Å². The molecule has 1 fully saturated rings. The summed E-state index contributed by atoms with van der Waals surface area (Å²) in [5, 5.41) is 22.1. The molecule has 1 aromatic heterocycles. The predicted molar refractivity (Wildman–Crippen MR) is 73.4 cm³/mol. The van der Waals surface area contributed by atoms with Crippen LogP contribution < -0.4 is 5.32 Å². The fourth-order valence-electron chi connectivity index (χ4n) is 2.17. The maximum absolute atomic E-state index is 12.0. The summed E-state index contributed by atoms with van der Waals surface area (Å²) in [6.45, 7) is 0.871. The first-order chi connectivity index (χ1) is 9.99. The van der Waals surface area contributed by atoms with Crippen LogP contribution in [0.5, 0.6) is 0 Å². The Balaban J connectivity index is 2.06. The maximum atomic E-state index is 12.0. The SMILES string of the molecule is O=C(NC(C(=O)O)C1CCCOC1)c1ccc([N+](=O)[O-])s1. The summed E-state index contributed by atoms with van der Waals surface area (Å²) in [6, 6.07) is 1.48. The smallest absolute Gasteiger partial charge is 0.326 e. The fraction of sp³-hybridized carbons (Fsp3) is 0.500. The first-order valence-electron chi connectivity index (χ1n) is 6.34. The Kier molecular flexibility index (Phi) is 4.86. The van der Waals surface area contributed by atoms with Crippen molar-refractivity contribution in [3.05, 3.63) is 27.1 Å². The number of aliphatic carboxylic acids is 1. The van der Waals surface area contributed by atoms with Crippen LogP contribution in [0, 0.1) is 16.0 Å². The molecule has 1 amide bonds. The van der Waals surface area contributed by atoms with E-state index in [4.69, 9.17) is 4.74 Å². The molecule has 2 N–H and O–H groups in total. The molecule has 2 heterocycles. The van der Waals surface area contributed by atoms with E-state index < -0.39 is 22.8 Å². The highest BCUT2D eigenvalue weighted by Gasteiger charge is 2.32. The highest BCUT2D eigenvalue weighted by Crippen LogP contribution is 2.24. The minimum absolute atomic E-state index is 0.115. The molecule has 2 atom stereocenters. The van der Waals surface area contributed by atoms with Crippen molar-refractivity contribution in [1.82, 2.24) is 5.32 Å². The molecule has 9 heteroatoms. The number of nitrogens with zero attached hydrogens (tertiary/aromatic N) is 1. The Hall–Kier alpha value is -2.00. The average molecular weight is 314 g/mol. The van der Waals surface area contributed by atoms with E-state index in [1.54, 1.807) is 0 Å². The summed E-state index contributed by atoms with van der Waals surface area (Å²) in [5.41, 5.74) is 0. The van der Waals surface area contributed by atoms with Crippen LogP contribution in [0.25, 0.3) is 0 Å². The zero-order valence-corrected chi connectivity index (χ0v) is 11.8. The Morgan fingerprint density at radius 2 is 2.29 bits per heavy atom. The van der Waals surface area contributed by atoms with Gasteiger partial charge in [0.15, 0.2) is 0 Å². The maximum Gasteiger partial charge on any atom is 0.326 e. The lowest BCUT2D eigenvalue weighted by Gasteiger charge is -2.27. The van der Waals surface area contributed by atoms with Gasteiger partial charge in [-0.15, -0.1) is 0 Å². The van der Waals surface area contributed by atoms with E-state index in [0.29, 0.717) is 24.4 Å². The first kappa shape index (κ1) is 15.4. The van der Waals surface area contributed by atoms with E-state index in [0.717, 1.165) is 6.42 Å². The number of rotatable bonds is 5. The van der Waals surface area contributed by atoms with Gasteiger partial charge in [0.2, 0.25) is 0 Å². The van der Waals surface area contributed by atoms with Crippen molar-refractivity contribution >= 4 is 28.2 Å². The van der Waals surface area contributed by atoms with Crippen LogP contribution in [0.3, 0.4) is 0 Å². The lowest BCUT2D eigenvalue weighted by molar-refractivity contribution is -0.380. The van der Waals surface area contributed by atoms with Gasteiger partial charge in [-0.1, -0.05) is 11.3 Å². The lowest BCUT2D eigenvalue weighted by Crippen LogP contribution is -2.48. The molecule has 0 aliphatic carbocycles. The molecule has 0 bridgehead atoms. The van der Waals surface area contributed by atoms with Gasteiger partial charge in [-0.2, -0.15) is 0 Å². The summed E-state index contributed by atoms with van der Waals surface area (Å²) < 4.78 is 5.23. The van der Waals surface area contributed by atoms with Gasteiger partial charge < -0.3 is 15.2 Å². The van der Waals surface area contributed by atoms with Crippen LogP contribution in [-0.2, 0) is 9.53 Å². The number of nitrogens with one attached hydrogen (secondary N) is 1. The second-order valence-corrected chi connectivity index (χ2v) is 5.72. The number of carbonyl (C=O) groups excluding carboxylic acids is 1. The zero-order valence-electron chi connectivity index (χ0n) is 11.0. The molecule has 1 aliphatic heterocycles. The molecule has 2 rings (SSSR count). The van der Waals surface area contributed by atoms with Crippen molar-refractivity contribution in [1.29, 1.82) is 0 Å². The molecule has 0 saturated carbocycles. The Bertz CT molecular complexity index is 552. The Morgan fingerprint density at radius 1 is 1.52 bits per heavy atom. The second kappa shape index (κ2) is 6.64. The van der Waals surface area contributed by atoms with Crippen LogP contribution in [-0.4, -0.2) is 41.2 Å². The van der Waals surface area contributed by atoms with Gasteiger partial charge in [0.25, 0.3) is 5.91 Å². The fourth-order valence-corrected chi connectivity index (χ4v) is 2.89. The molecule has 1 saturated heterocycles. The number of carbonyl (C=O) groups is 2. The van der Waals surface area contributed by atoms with E-state index in [1.807, 2.05) is 0 Å². The van der Waals surface area contributed by atoms with Gasteiger partial charge in [-0.25, -0.2) is 4.79 Å². The van der Waals surface area contributed by atoms with Crippen molar-refractivity contribution in [2.24, 2.45) is 5.92 Å². The second-order valence-electron chi connectivity index (χ2n) is 4.66. The highest BCUT2D eigenvalue weighted by atomic mass is 32.1. The van der Waals surface area contributed by atoms with Crippen molar-refractivity contribution in [2.45, 2.75) is 18.9 Å². The summed E-state index contributed by atoms with van der Waals surface area (Å²) in [5.74, 6) is -2.05. The third-order valence-electron chi connectivity index (χ3n) is 3.22. The number of nitro groups is 1. The average Bonchev–Trinajstić information content (AvgIpc) is 2.95. The van der Waals surface area contributed by atoms with Crippen molar-refractivity contribution < 1.29 is 24.4 Å². The molecular weight excluding hydrogens is 300 g/mol. The van der Waals surface area contributed by atoms with Crippen LogP contribution in [0.15, 0.2) is 12.1 Å².